The maximum Gasteiger partial charge on any atom is 0.0540 e. The van der Waals surface area contributed by atoms with Crippen molar-refractivity contribution in [2.75, 3.05) is 0 Å². The Labute approximate surface area is 100.0 Å². The molecular weight excluding hydrogens is 252 g/mol. The molecule has 0 bridgehead atoms. The molecule has 0 amide bonds. The third kappa shape index (κ3) is 4.63. The highest BCUT2D eigenvalue weighted by Crippen LogP contribution is 2.13. The van der Waals surface area contributed by atoms with E-state index in [0.717, 1.165) is 10.9 Å². The first-order chi connectivity index (χ1) is 7.09. The van der Waals surface area contributed by atoms with E-state index in [1.54, 1.807) is 0 Å². The average molecular weight is 269 g/mol. The first kappa shape index (κ1) is 12.5. The zero-order chi connectivity index (χ0) is 11.3. The van der Waals surface area contributed by atoms with Gasteiger partial charge in [0, 0.05) is 4.47 Å². The van der Waals surface area contributed by atoms with Crippen molar-refractivity contribution in [1.82, 2.24) is 0 Å². The van der Waals surface area contributed by atoms with Crippen LogP contribution in [0.3, 0.4) is 0 Å². The zero-order valence-electron chi connectivity index (χ0n) is 9.15. The zero-order valence-corrected chi connectivity index (χ0v) is 10.7. The summed E-state index contributed by atoms with van der Waals surface area (Å²) in [5.41, 5.74) is 1.19. The number of halogens is 1. The molecule has 15 heavy (non-hydrogen) atoms. The van der Waals surface area contributed by atoms with Crippen molar-refractivity contribution in [2.24, 2.45) is 5.92 Å². The van der Waals surface area contributed by atoms with E-state index >= 15 is 0 Å². The largest absolute Gasteiger partial charge is 0.393 e. The van der Waals surface area contributed by atoms with Crippen molar-refractivity contribution in [1.29, 1.82) is 0 Å². The lowest BCUT2D eigenvalue weighted by molar-refractivity contribution is 0.136. The SMILES string of the molecule is C[C@H](O)[C@H](C)C/C=C/c1ccc(Br)cc1. The molecule has 0 aliphatic heterocycles. The molecule has 0 spiro atoms. The fourth-order valence-electron chi connectivity index (χ4n) is 1.19. The maximum absolute atomic E-state index is 9.31. The van der Waals surface area contributed by atoms with E-state index in [4.69, 9.17) is 0 Å². The van der Waals surface area contributed by atoms with Crippen molar-refractivity contribution in [3.8, 4) is 0 Å². The van der Waals surface area contributed by atoms with Gasteiger partial charge in [-0.2, -0.15) is 0 Å². The number of benzene rings is 1. The van der Waals surface area contributed by atoms with Crippen LogP contribution < -0.4 is 0 Å². The lowest BCUT2D eigenvalue weighted by atomic mass is 10.0. The van der Waals surface area contributed by atoms with Gasteiger partial charge in [-0.3, -0.25) is 0 Å². The van der Waals surface area contributed by atoms with E-state index in [2.05, 4.69) is 47.1 Å². The van der Waals surface area contributed by atoms with Gasteiger partial charge in [0.15, 0.2) is 0 Å². The molecular formula is C13H17BrO. The van der Waals surface area contributed by atoms with E-state index in [1.807, 2.05) is 19.1 Å². The number of aliphatic hydroxyl groups excluding tert-OH is 1. The van der Waals surface area contributed by atoms with E-state index in [0.29, 0.717) is 5.92 Å². The van der Waals surface area contributed by atoms with Gasteiger partial charge in [-0.1, -0.05) is 47.1 Å². The van der Waals surface area contributed by atoms with Crippen LogP contribution in [0.2, 0.25) is 0 Å². The van der Waals surface area contributed by atoms with E-state index in [9.17, 15) is 5.11 Å². The summed E-state index contributed by atoms with van der Waals surface area (Å²) >= 11 is 3.40. The highest BCUT2D eigenvalue weighted by atomic mass is 79.9. The molecule has 1 aromatic carbocycles. The highest BCUT2D eigenvalue weighted by Gasteiger charge is 2.05. The van der Waals surface area contributed by atoms with Crippen LogP contribution in [-0.4, -0.2) is 11.2 Å². The number of aliphatic hydroxyl groups is 1. The van der Waals surface area contributed by atoms with Crippen molar-refractivity contribution in [3.05, 3.63) is 40.4 Å². The summed E-state index contributed by atoms with van der Waals surface area (Å²) in [4.78, 5) is 0. The van der Waals surface area contributed by atoms with Gasteiger partial charge in [0.2, 0.25) is 0 Å². The Kier molecular flexibility index (Phi) is 5.06. The Morgan fingerprint density at radius 3 is 2.40 bits per heavy atom. The summed E-state index contributed by atoms with van der Waals surface area (Å²) in [5, 5.41) is 9.31. The molecule has 1 nitrogen and oxygen atoms in total. The molecule has 1 rings (SSSR count). The van der Waals surface area contributed by atoms with Crippen molar-refractivity contribution in [2.45, 2.75) is 26.4 Å². The van der Waals surface area contributed by atoms with Gasteiger partial charge < -0.3 is 5.11 Å². The highest BCUT2D eigenvalue weighted by molar-refractivity contribution is 9.10. The van der Waals surface area contributed by atoms with Gasteiger partial charge in [-0.15, -0.1) is 0 Å². The van der Waals surface area contributed by atoms with E-state index in [1.165, 1.54) is 5.56 Å². The molecule has 0 aromatic heterocycles. The Bertz CT molecular complexity index is 314. The molecule has 0 saturated heterocycles. The molecule has 0 aliphatic carbocycles. The summed E-state index contributed by atoms with van der Waals surface area (Å²) in [6, 6.07) is 8.18. The number of rotatable bonds is 4. The Morgan fingerprint density at radius 1 is 1.27 bits per heavy atom. The van der Waals surface area contributed by atoms with Crippen LogP contribution in [-0.2, 0) is 0 Å². The number of hydrogen-bond acceptors (Lipinski definition) is 1. The summed E-state index contributed by atoms with van der Waals surface area (Å²) < 4.78 is 1.09. The molecule has 2 heteroatoms. The Morgan fingerprint density at radius 2 is 1.87 bits per heavy atom. The minimum atomic E-state index is -0.237. The monoisotopic (exact) mass is 268 g/mol. The standard InChI is InChI=1S/C13H17BrO/c1-10(11(2)15)4-3-5-12-6-8-13(14)9-7-12/h3,5-11,15H,4H2,1-2H3/b5-3+/t10-,11+/m1/s1. The van der Waals surface area contributed by atoms with Crippen LogP contribution in [0.4, 0.5) is 0 Å². The molecule has 0 heterocycles. The average Bonchev–Trinajstić information content (AvgIpc) is 2.20. The Balaban J connectivity index is 2.48. The Hall–Kier alpha value is -0.600. The lowest BCUT2D eigenvalue weighted by Gasteiger charge is -2.10. The molecule has 0 saturated carbocycles. The van der Waals surface area contributed by atoms with E-state index in [-0.39, 0.29) is 6.10 Å². The van der Waals surface area contributed by atoms with Gasteiger partial charge in [0.1, 0.15) is 0 Å². The minimum Gasteiger partial charge on any atom is -0.393 e. The normalized spacial score (nSPS) is 15.5. The number of hydrogen-bond donors (Lipinski definition) is 1. The molecule has 82 valence electrons. The maximum atomic E-state index is 9.31. The lowest BCUT2D eigenvalue weighted by Crippen LogP contribution is -2.11. The molecule has 0 radical (unpaired) electrons. The fourth-order valence-corrected chi connectivity index (χ4v) is 1.45. The third-order valence-electron chi connectivity index (χ3n) is 2.51. The summed E-state index contributed by atoms with van der Waals surface area (Å²) in [6.07, 6.45) is 4.87. The van der Waals surface area contributed by atoms with Crippen LogP contribution >= 0.6 is 15.9 Å². The van der Waals surface area contributed by atoms with Crippen molar-refractivity contribution >= 4 is 22.0 Å². The summed E-state index contributed by atoms with van der Waals surface area (Å²) in [7, 11) is 0. The first-order valence-electron chi connectivity index (χ1n) is 5.20. The van der Waals surface area contributed by atoms with E-state index < -0.39 is 0 Å². The summed E-state index contributed by atoms with van der Waals surface area (Å²) in [5.74, 6) is 0.316. The minimum absolute atomic E-state index is 0.237. The van der Waals surface area contributed by atoms with Crippen LogP contribution in [0.15, 0.2) is 34.8 Å². The molecule has 0 fully saturated rings. The predicted molar refractivity (Wildman–Crippen MR) is 68.6 cm³/mol. The van der Waals surface area contributed by atoms with Gasteiger partial charge in [-0.25, -0.2) is 0 Å². The van der Waals surface area contributed by atoms with Gasteiger partial charge in [0.05, 0.1) is 6.10 Å². The molecule has 0 aliphatic rings. The number of allylic oxidation sites excluding steroid dienone is 1. The van der Waals surface area contributed by atoms with Gasteiger partial charge >= 0.3 is 0 Å². The second kappa shape index (κ2) is 6.09. The second-order valence-corrected chi connectivity index (χ2v) is 4.82. The second-order valence-electron chi connectivity index (χ2n) is 3.91. The van der Waals surface area contributed by atoms with Crippen LogP contribution in [0.1, 0.15) is 25.8 Å². The molecule has 0 unspecified atom stereocenters. The third-order valence-corrected chi connectivity index (χ3v) is 3.04. The molecule has 1 N–H and O–H groups in total. The molecule has 2 atom stereocenters. The fraction of sp³-hybridized carbons (Fsp3) is 0.385. The van der Waals surface area contributed by atoms with Crippen LogP contribution in [0.25, 0.3) is 6.08 Å². The molecule has 1 aromatic rings. The van der Waals surface area contributed by atoms with Crippen LogP contribution in [0.5, 0.6) is 0 Å². The smallest absolute Gasteiger partial charge is 0.0540 e. The quantitative estimate of drug-likeness (QED) is 0.879. The predicted octanol–water partition coefficient (Wildman–Crippen LogP) is 3.87. The van der Waals surface area contributed by atoms with Crippen molar-refractivity contribution < 1.29 is 5.11 Å². The van der Waals surface area contributed by atoms with Crippen molar-refractivity contribution in [3.63, 3.8) is 0 Å². The topological polar surface area (TPSA) is 20.2 Å². The van der Waals surface area contributed by atoms with Gasteiger partial charge in [0.25, 0.3) is 0 Å². The first-order valence-corrected chi connectivity index (χ1v) is 5.99. The summed E-state index contributed by atoms with van der Waals surface area (Å²) in [6.45, 7) is 3.88. The van der Waals surface area contributed by atoms with Gasteiger partial charge in [-0.05, 0) is 37.0 Å². The van der Waals surface area contributed by atoms with Crippen LogP contribution in [0, 0.1) is 5.92 Å².